The van der Waals surface area contributed by atoms with Crippen molar-refractivity contribution in [2.24, 2.45) is 5.11 Å². The molecule has 15 heavy (non-hydrogen) atoms. The summed E-state index contributed by atoms with van der Waals surface area (Å²) < 4.78 is 16.3. The van der Waals surface area contributed by atoms with Gasteiger partial charge in [0.1, 0.15) is 12.2 Å². The molecule has 0 aromatic rings. The van der Waals surface area contributed by atoms with E-state index in [9.17, 15) is 5.11 Å². The van der Waals surface area contributed by atoms with Crippen molar-refractivity contribution in [2.45, 2.75) is 44.2 Å². The molecule has 0 bridgehead atoms. The Morgan fingerprint density at radius 1 is 1.47 bits per heavy atom. The Hall–Kier alpha value is -0.850. The highest BCUT2D eigenvalue weighted by molar-refractivity contribution is 4.93. The zero-order chi connectivity index (χ0) is 11.1. The molecule has 0 saturated carbocycles. The first-order chi connectivity index (χ1) is 7.03. The summed E-state index contributed by atoms with van der Waals surface area (Å²) in [5.74, 6) is -0.736. The maximum atomic E-state index is 9.80. The Labute approximate surface area is 86.6 Å². The van der Waals surface area contributed by atoms with Gasteiger partial charge in [-0.3, -0.25) is 0 Å². The zero-order valence-electron chi connectivity index (χ0n) is 8.53. The molecule has 0 amide bonds. The van der Waals surface area contributed by atoms with Crippen LogP contribution in [0, 0.1) is 0 Å². The molecule has 2 fully saturated rings. The SMILES string of the molecule is CC1(C)O[C@H]2O[C@H](CN=[N+]=[N-])[C@H](O)[C@H]2O1. The number of hydrogen-bond donors (Lipinski definition) is 1. The average molecular weight is 215 g/mol. The molecule has 0 unspecified atom stereocenters. The van der Waals surface area contributed by atoms with Gasteiger partial charge in [-0.1, -0.05) is 5.11 Å². The maximum absolute atomic E-state index is 9.80. The third-order valence-electron chi connectivity index (χ3n) is 2.44. The zero-order valence-corrected chi connectivity index (χ0v) is 8.53. The smallest absolute Gasteiger partial charge is 0.190 e. The van der Waals surface area contributed by atoms with E-state index < -0.39 is 30.4 Å². The summed E-state index contributed by atoms with van der Waals surface area (Å²) in [5.41, 5.74) is 8.16. The first-order valence-electron chi connectivity index (χ1n) is 4.73. The van der Waals surface area contributed by atoms with Gasteiger partial charge in [-0.2, -0.15) is 0 Å². The van der Waals surface area contributed by atoms with Gasteiger partial charge in [0.2, 0.25) is 0 Å². The van der Waals surface area contributed by atoms with Gasteiger partial charge in [-0.15, -0.1) is 0 Å². The highest BCUT2D eigenvalue weighted by Crippen LogP contribution is 2.37. The molecule has 0 aromatic heterocycles. The van der Waals surface area contributed by atoms with Gasteiger partial charge < -0.3 is 19.3 Å². The predicted octanol–water partition coefficient (Wildman–Crippen LogP) is 0.534. The van der Waals surface area contributed by atoms with Crippen LogP contribution in [-0.4, -0.2) is 42.0 Å². The maximum Gasteiger partial charge on any atom is 0.190 e. The van der Waals surface area contributed by atoms with E-state index in [4.69, 9.17) is 19.7 Å². The minimum Gasteiger partial charge on any atom is -0.387 e. The third-order valence-corrected chi connectivity index (χ3v) is 2.44. The van der Waals surface area contributed by atoms with Crippen LogP contribution in [0.1, 0.15) is 13.8 Å². The first kappa shape index (κ1) is 10.7. The van der Waals surface area contributed by atoms with Gasteiger partial charge in [-0.05, 0) is 19.4 Å². The normalized spacial score (nSPS) is 42.3. The summed E-state index contributed by atoms with van der Waals surface area (Å²) in [6.45, 7) is 3.59. The second kappa shape index (κ2) is 3.62. The number of azide groups is 1. The Morgan fingerprint density at radius 3 is 2.80 bits per heavy atom. The van der Waals surface area contributed by atoms with E-state index in [1.807, 2.05) is 0 Å². The number of aliphatic hydroxyl groups excluding tert-OH is 1. The molecule has 2 heterocycles. The Kier molecular flexibility index (Phi) is 2.57. The van der Waals surface area contributed by atoms with E-state index in [-0.39, 0.29) is 6.54 Å². The molecular weight excluding hydrogens is 202 g/mol. The number of nitrogens with zero attached hydrogens (tertiary/aromatic N) is 3. The lowest BCUT2D eigenvalue weighted by atomic mass is 10.1. The van der Waals surface area contributed by atoms with Gasteiger partial charge in [0.25, 0.3) is 0 Å². The van der Waals surface area contributed by atoms with Gasteiger partial charge in [0.05, 0.1) is 12.6 Å². The molecule has 1 N–H and O–H groups in total. The average Bonchev–Trinajstić information content (AvgIpc) is 2.58. The van der Waals surface area contributed by atoms with Crippen molar-refractivity contribution in [3.8, 4) is 0 Å². The number of fused-ring (bicyclic) bond motifs is 1. The van der Waals surface area contributed by atoms with Gasteiger partial charge in [-0.25, -0.2) is 0 Å². The first-order valence-corrected chi connectivity index (χ1v) is 4.73. The molecule has 0 radical (unpaired) electrons. The quantitative estimate of drug-likeness (QED) is 0.413. The van der Waals surface area contributed by atoms with Crippen molar-refractivity contribution in [1.82, 2.24) is 0 Å². The predicted molar refractivity (Wildman–Crippen MR) is 48.7 cm³/mol. The summed E-state index contributed by atoms with van der Waals surface area (Å²) in [6, 6.07) is 0. The molecule has 84 valence electrons. The van der Waals surface area contributed by atoms with Crippen LogP contribution in [-0.2, 0) is 14.2 Å². The molecular formula is C8H13N3O4. The standard InChI is InChI=1S/C8H13N3O4/c1-8(2)14-6-5(12)4(3-10-11-9)13-7(6)15-8/h4-7,12H,3H2,1-2H3/t4-,5+,6-,7-/m1/s1. The highest BCUT2D eigenvalue weighted by atomic mass is 16.8. The minimum absolute atomic E-state index is 0.0812. The Bertz CT molecular complexity index is 302. The summed E-state index contributed by atoms with van der Waals surface area (Å²) in [6.07, 6.45) is -2.44. The van der Waals surface area contributed by atoms with Gasteiger partial charge in [0, 0.05) is 4.91 Å². The molecule has 7 heteroatoms. The molecule has 2 saturated heterocycles. The fourth-order valence-electron chi connectivity index (χ4n) is 1.83. The fraction of sp³-hybridized carbons (Fsp3) is 1.00. The van der Waals surface area contributed by atoms with Gasteiger partial charge >= 0.3 is 0 Å². The lowest BCUT2D eigenvalue weighted by Gasteiger charge is -2.21. The highest BCUT2D eigenvalue weighted by Gasteiger charge is 2.53. The molecule has 4 atom stereocenters. The van der Waals surface area contributed by atoms with E-state index in [0.717, 1.165) is 0 Å². The van der Waals surface area contributed by atoms with Crippen LogP contribution in [0.4, 0.5) is 0 Å². The molecule has 0 spiro atoms. The Morgan fingerprint density at radius 2 is 2.20 bits per heavy atom. The Balaban J connectivity index is 2.01. The lowest BCUT2D eigenvalue weighted by Crippen LogP contribution is -2.35. The fourth-order valence-corrected chi connectivity index (χ4v) is 1.83. The van der Waals surface area contributed by atoms with Crippen molar-refractivity contribution in [3.05, 3.63) is 10.4 Å². The van der Waals surface area contributed by atoms with Gasteiger partial charge in [0.15, 0.2) is 12.1 Å². The third kappa shape index (κ3) is 1.92. The van der Waals surface area contributed by atoms with E-state index in [1.54, 1.807) is 13.8 Å². The summed E-state index contributed by atoms with van der Waals surface area (Å²) >= 11 is 0. The van der Waals surface area contributed by atoms with Crippen molar-refractivity contribution in [3.63, 3.8) is 0 Å². The molecule has 0 aliphatic carbocycles. The minimum atomic E-state index is -0.817. The van der Waals surface area contributed by atoms with E-state index in [2.05, 4.69) is 10.0 Å². The number of rotatable bonds is 2. The molecule has 2 aliphatic rings. The van der Waals surface area contributed by atoms with Crippen LogP contribution in [0.3, 0.4) is 0 Å². The van der Waals surface area contributed by atoms with E-state index >= 15 is 0 Å². The van der Waals surface area contributed by atoms with Crippen molar-refractivity contribution in [1.29, 1.82) is 0 Å². The molecule has 2 aliphatic heterocycles. The van der Waals surface area contributed by atoms with Crippen LogP contribution < -0.4 is 0 Å². The lowest BCUT2D eigenvalue weighted by molar-refractivity contribution is -0.213. The second-order valence-corrected chi connectivity index (χ2v) is 4.05. The largest absolute Gasteiger partial charge is 0.387 e. The molecule has 7 nitrogen and oxygen atoms in total. The summed E-state index contributed by atoms with van der Waals surface area (Å²) in [7, 11) is 0. The van der Waals surface area contributed by atoms with E-state index in [0.29, 0.717) is 0 Å². The van der Waals surface area contributed by atoms with Crippen LogP contribution in [0.25, 0.3) is 10.4 Å². The van der Waals surface area contributed by atoms with Crippen LogP contribution in [0.5, 0.6) is 0 Å². The van der Waals surface area contributed by atoms with E-state index in [1.165, 1.54) is 0 Å². The van der Waals surface area contributed by atoms with Crippen LogP contribution in [0.15, 0.2) is 5.11 Å². The van der Waals surface area contributed by atoms with Crippen molar-refractivity contribution < 1.29 is 19.3 Å². The van der Waals surface area contributed by atoms with Crippen LogP contribution in [0.2, 0.25) is 0 Å². The monoisotopic (exact) mass is 215 g/mol. The molecule has 2 rings (SSSR count). The number of aliphatic hydroxyl groups is 1. The van der Waals surface area contributed by atoms with Crippen LogP contribution >= 0.6 is 0 Å². The number of hydrogen-bond acceptors (Lipinski definition) is 5. The summed E-state index contributed by atoms with van der Waals surface area (Å²) in [4.78, 5) is 2.61. The number of ether oxygens (including phenoxy) is 3. The molecule has 0 aromatic carbocycles. The van der Waals surface area contributed by atoms with Crippen molar-refractivity contribution >= 4 is 0 Å². The van der Waals surface area contributed by atoms with Crippen molar-refractivity contribution in [2.75, 3.05) is 6.54 Å². The topological polar surface area (TPSA) is 96.7 Å². The second-order valence-electron chi connectivity index (χ2n) is 4.05. The summed E-state index contributed by atoms with van der Waals surface area (Å²) in [5, 5.41) is 13.2.